The zero-order valence-electron chi connectivity index (χ0n) is 16.8. The summed E-state index contributed by atoms with van der Waals surface area (Å²) in [6, 6.07) is 33.1. The van der Waals surface area contributed by atoms with Gasteiger partial charge in [-0.15, -0.1) is 0 Å². The van der Waals surface area contributed by atoms with Gasteiger partial charge in [0.2, 0.25) is 0 Å². The molecule has 2 heterocycles. The lowest BCUT2D eigenvalue weighted by Gasteiger charge is -2.47. The zero-order valence-corrected chi connectivity index (χ0v) is 16.8. The van der Waals surface area contributed by atoms with Crippen molar-refractivity contribution in [1.82, 2.24) is 4.98 Å². The lowest BCUT2D eigenvalue weighted by Crippen LogP contribution is -2.41. The second kappa shape index (κ2) is 6.89. The van der Waals surface area contributed by atoms with E-state index in [9.17, 15) is 0 Å². The van der Waals surface area contributed by atoms with Crippen molar-refractivity contribution in [1.29, 1.82) is 0 Å². The Morgan fingerprint density at radius 2 is 1.21 bits per heavy atom. The minimum atomic E-state index is -0.386. The Balaban J connectivity index is 1.98. The van der Waals surface area contributed by atoms with Crippen molar-refractivity contribution in [2.45, 2.75) is 25.3 Å². The molecule has 0 aliphatic carbocycles. The second-order valence-corrected chi connectivity index (χ2v) is 7.86. The summed E-state index contributed by atoms with van der Waals surface area (Å²) in [6.45, 7) is 4.48. The van der Waals surface area contributed by atoms with E-state index in [1.807, 2.05) is 12.4 Å². The van der Waals surface area contributed by atoms with Crippen molar-refractivity contribution in [3.8, 4) is 0 Å². The molecule has 4 aromatic rings. The van der Waals surface area contributed by atoms with E-state index < -0.39 is 0 Å². The standard InChI is InChI=1S/C27H24N2/c1-20(2)29-25-16-10-9-15-23(25)27(21-11-5-3-6-12-21,22-13-7-4-8-14-22)24-17-18-28-19-26(24)29/h3-20H,1-2H3. The lowest BCUT2D eigenvalue weighted by molar-refractivity contribution is 0.685. The zero-order chi connectivity index (χ0) is 19.8. The number of para-hydroxylation sites is 1. The van der Waals surface area contributed by atoms with Crippen molar-refractivity contribution in [3.05, 3.63) is 126 Å². The smallest absolute Gasteiger partial charge is 0.0743 e. The summed E-state index contributed by atoms with van der Waals surface area (Å²) in [6.07, 6.45) is 3.94. The van der Waals surface area contributed by atoms with Gasteiger partial charge in [0, 0.05) is 17.9 Å². The second-order valence-electron chi connectivity index (χ2n) is 7.86. The molecule has 1 aromatic heterocycles. The Labute approximate surface area is 172 Å². The number of hydrogen-bond acceptors (Lipinski definition) is 2. The van der Waals surface area contributed by atoms with Gasteiger partial charge in [-0.25, -0.2) is 0 Å². The maximum atomic E-state index is 4.51. The van der Waals surface area contributed by atoms with Crippen LogP contribution in [0.4, 0.5) is 11.4 Å². The van der Waals surface area contributed by atoms with Gasteiger partial charge in [0.25, 0.3) is 0 Å². The Hall–Kier alpha value is -3.39. The number of anilines is 2. The molecule has 142 valence electrons. The maximum absolute atomic E-state index is 4.51. The van der Waals surface area contributed by atoms with Gasteiger partial charge in [0.05, 0.1) is 17.3 Å². The first-order valence-corrected chi connectivity index (χ1v) is 10.2. The van der Waals surface area contributed by atoms with Crippen molar-refractivity contribution >= 4 is 11.4 Å². The number of pyridine rings is 1. The molecule has 0 spiro atoms. The van der Waals surface area contributed by atoms with Crippen molar-refractivity contribution in [2.24, 2.45) is 0 Å². The number of fused-ring (bicyclic) bond motifs is 2. The minimum Gasteiger partial charge on any atom is -0.337 e. The van der Waals surface area contributed by atoms with E-state index in [1.54, 1.807) is 0 Å². The molecule has 0 radical (unpaired) electrons. The topological polar surface area (TPSA) is 16.1 Å². The van der Waals surface area contributed by atoms with Gasteiger partial charge < -0.3 is 4.90 Å². The number of benzene rings is 3. The van der Waals surface area contributed by atoms with E-state index in [2.05, 4.69) is 115 Å². The first-order chi connectivity index (χ1) is 14.2. The van der Waals surface area contributed by atoms with Gasteiger partial charge in [-0.3, -0.25) is 4.98 Å². The first-order valence-electron chi connectivity index (χ1n) is 10.2. The van der Waals surface area contributed by atoms with Crippen LogP contribution in [0.3, 0.4) is 0 Å². The van der Waals surface area contributed by atoms with Gasteiger partial charge in [0.1, 0.15) is 0 Å². The summed E-state index contributed by atoms with van der Waals surface area (Å²) in [5.74, 6) is 0. The molecule has 3 aromatic carbocycles. The third kappa shape index (κ3) is 2.52. The van der Waals surface area contributed by atoms with Crippen molar-refractivity contribution < 1.29 is 0 Å². The average Bonchev–Trinajstić information content (AvgIpc) is 2.78. The SMILES string of the molecule is CC(C)N1c2ccccc2C(c2ccccc2)(c2ccccc2)c2ccncc21. The summed E-state index contributed by atoms with van der Waals surface area (Å²) in [7, 11) is 0. The highest BCUT2D eigenvalue weighted by Crippen LogP contribution is 2.55. The molecule has 0 bridgehead atoms. The number of hydrogen-bond donors (Lipinski definition) is 0. The summed E-state index contributed by atoms with van der Waals surface area (Å²) in [4.78, 5) is 6.93. The normalized spacial score (nSPS) is 14.4. The molecular weight excluding hydrogens is 352 g/mol. The molecule has 0 atom stereocenters. The predicted octanol–water partition coefficient (Wildman–Crippen LogP) is 6.32. The fourth-order valence-corrected chi connectivity index (χ4v) is 4.89. The largest absolute Gasteiger partial charge is 0.337 e. The average molecular weight is 377 g/mol. The van der Waals surface area contributed by atoms with Crippen LogP contribution in [0.15, 0.2) is 103 Å². The molecule has 0 saturated heterocycles. The van der Waals surface area contributed by atoms with Crippen LogP contribution in [0, 0.1) is 0 Å². The highest BCUT2D eigenvalue weighted by atomic mass is 15.2. The van der Waals surface area contributed by atoms with Gasteiger partial charge in [0.15, 0.2) is 0 Å². The van der Waals surface area contributed by atoms with Crippen LogP contribution in [0.2, 0.25) is 0 Å². The number of rotatable bonds is 3. The lowest BCUT2D eigenvalue weighted by atomic mass is 9.62. The highest BCUT2D eigenvalue weighted by Gasteiger charge is 2.46. The molecule has 2 nitrogen and oxygen atoms in total. The highest BCUT2D eigenvalue weighted by molar-refractivity contribution is 5.83. The Kier molecular flexibility index (Phi) is 4.21. The Morgan fingerprint density at radius 1 is 0.655 bits per heavy atom. The van der Waals surface area contributed by atoms with E-state index in [-0.39, 0.29) is 5.41 Å². The van der Waals surface area contributed by atoms with E-state index in [1.165, 1.54) is 33.6 Å². The van der Waals surface area contributed by atoms with E-state index >= 15 is 0 Å². The molecule has 0 fully saturated rings. The summed E-state index contributed by atoms with van der Waals surface area (Å²) < 4.78 is 0. The van der Waals surface area contributed by atoms with Gasteiger partial charge in [-0.05, 0) is 48.2 Å². The number of aromatic nitrogens is 1. The maximum Gasteiger partial charge on any atom is 0.0743 e. The first kappa shape index (κ1) is 17.7. The van der Waals surface area contributed by atoms with Crippen LogP contribution in [0.5, 0.6) is 0 Å². The fourth-order valence-electron chi connectivity index (χ4n) is 4.89. The molecule has 0 unspecified atom stereocenters. The molecule has 1 aliphatic heterocycles. The molecule has 29 heavy (non-hydrogen) atoms. The summed E-state index contributed by atoms with van der Waals surface area (Å²) in [5, 5.41) is 0. The Morgan fingerprint density at radius 3 is 1.83 bits per heavy atom. The third-order valence-corrected chi connectivity index (χ3v) is 5.96. The molecule has 1 aliphatic rings. The van der Waals surface area contributed by atoms with Crippen LogP contribution in [0.25, 0.3) is 0 Å². The van der Waals surface area contributed by atoms with E-state index in [0.717, 1.165) is 0 Å². The third-order valence-electron chi connectivity index (χ3n) is 5.96. The predicted molar refractivity (Wildman–Crippen MR) is 120 cm³/mol. The van der Waals surface area contributed by atoms with Crippen LogP contribution in [-0.4, -0.2) is 11.0 Å². The van der Waals surface area contributed by atoms with Crippen LogP contribution >= 0.6 is 0 Å². The molecule has 0 N–H and O–H groups in total. The van der Waals surface area contributed by atoms with Crippen LogP contribution in [-0.2, 0) is 5.41 Å². The summed E-state index contributed by atoms with van der Waals surface area (Å²) in [5.41, 5.74) is 7.17. The Bertz CT molecular complexity index is 1040. The van der Waals surface area contributed by atoms with Crippen molar-refractivity contribution in [3.63, 3.8) is 0 Å². The summed E-state index contributed by atoms with van der Waals surface area (Å²) >= 11 is 0. The van der Waals surface area contributed by atoms with Gasteiger partial charge >= 0.3 is 0 Å². The molecule has 0 amide bonds. The van der Waals surface area contributed by atoms with Gasteiger partial charge in [-0.2, -0.15) is 0 Å². The van der Waals surface area contributed by atoms with Crippen molar-refractivity contribution in [2.75, 3.05) is 4.90 Å². The quantitative estimate of drug-likeness (QED) is 0.416. The van der Waals surface area contributed by atoms with E-state index in [4.69, 9.17) is 0 Å². The molecule has 2 heteroatoms. The fraction of sp³-hybridized carbons (Fsp3) is 0.148. The minimum absolute atomic E-state index is 0.323. The molecule has 0 saturated carbocycles. The number of nitrogens with zero attached hydrogens (tertiary/aromatic N) is 2. The molecular formula is C27H24N2. The van der Waals surface area contributed by atoms with Crippen LogP contribution in [0.1, 0.15) is 36.1 Å². The van der Waals surface area contributed by atoms with Gasteiger partial charge in [-0.1, -0.05) is 78.9 Å². The monoisotopic (exact) mass is 376 g/mol. The van der Waals surface area contributed by atoms with Crippen LogP contribution < -0.4 is 4.90 Å². The van der Waals surface area contributed by atoms with E-state index in [0.29, 0.717) is 6.04 Å². The molecule has 5 rings (SSSR count).